The number of halogens is 1. The van der Waals surface area contributed by atoms with Gasteiger partial charge in [0.2, 0.25) is 11.8 Å². The minimum atomic E-state index is -0.341. The van der Waals surface area contributed by atoms with Gasteiger partial charge in [-0.05, 0) is 24.3 Å². The number of rotatable bonds is 2. The summed E-state index contributed by atoms with van der Waals surface area (Å²) in [7, 11) is 0. The van der Waals surface area contributed by atoms with Crippen LogP contribution in [0, 0.1) is 11.7 Å². The average Bonchev–Trinajstić information content (AvgIpc) is 2.90. The van der Waals surface area contributed by atoms with Gasteiger partial charge in [-0.1, -0.05) is 0 Å². The molecule has 0 aromatic heterocycles. The first-order valence-corrected chi connectivity index (χ1v) is 7.07. The van der Waals surface area contributed by atoms with Crippen LogP contribution in [0.15, 0.2) is 24.3 Å². The van der Waals surface area contributed by atoms with Crippen LogP contribution in [0.25, 0.3) is 0 Å². The number of hydrogen-bond acceptors (Lipinski definition) is 3. The molecule has 0 spiro atoms. The predicted molar refractivity (Wildman–Crippen MR) is 74.3 cm³/mol. The Morgan fingerprint density at radius 1 is 1.19 bits per heavy atom. The molecule has 2 aliphatic heterocycles. The standard InChI is InChI=1S/C15H17FN2O3/c16-12-1-3-13(4-2-12)18-10-11(9-14(18)19)15(20)17-5-7-21-8-6-17/h1-4,11H,5-10H2. The highest BCUT2D eigenvalue weighted by Gasteiger charge is 2.37. The maximum atomic E-state index is 12.9. The van der Waals surface area contributed by atoms with Crippen molar-refractivity contribution in [3.63, 3.8) is 0 Å². The quantitative estimate of drug-likeness (QED) is 0.818. The molecule has 6 heteroatoms. The van der Waals surface area contributed by atoms with Crippen LogP contribution < -0.4 is 4.90 Å². The van der Waals surface area contributed by atoms with Crippen molar-refractivity contribution in [1.82, 2.24) is 4.90 Å². The van der Waals surface area contributed by atoms with Crippen LogP contribution in [-0.4, -0.2) is 49.6 Å². The minimum absolute atomic E-state index is 0.0104. The normalized spacial score (nSPS) is 22.7. The monoisotopic (exact) mass is 292 g/mol. The molecule has 2 heterocycles. The minimum Gasteiger partial charge on any atom is -0.378 e. The summed E-state index contributed by atoms with van der Waals surface area (Å²) in [4.78, 5) is 27.8. The molecule has 1 aromatic carbocycles. The highest BCUT2D eigenvalue weighted by Crippen LogP contribution is 2.26. The van der Waals surface area contributed by atoms with Gasteiger partial charge < -0.3 is 14.5 Å². The van der Waals surface area contributed by atoms with Crippen molar-refractivity contribution in [2.75, 3.05) is 37.7 Å². The third kappa shape index (κ3) is 2.90. The molecule has 0 N–H and O–H groups in total. The van der Waals surface area contributed by atoms with Gasteiger partial charge in [-0.2, -0.15) is 0 Å². The number of morpholine rings is 1. The number of amides is 2. The second kappa shape index (κ2) is 5.81. The first kappa shape index (κ1) is 14.0. The molecule has 2 fully saturated rings. The summed E-state index contributed by atoms with van der Waals surface area (Å²) in [6.07, 6.45) is 0.216. The van der Waals surface area contributed by atoms with E-state index in [0.29, 0.717) is 38.5 Å². The van der Waals surface area contributed by atoms with E-state index in [0.717, 1.165) is 0 Å². The fraction of sp³-hybridized carbons (Fsp3) is 0.467. The van der Waals surface area contributed by atoms with Crippen LogP contribution in [-0.2, 0) is 14.3 Å². The molecule has 5 nitrogen and oxygen atoms in total. The zero-order chi connectivity index (χ0) is 14.8. The van der Waals surface area contributed by atoms with Crippen LogP contribution in [0.3, 0.4) is 0 Å². The number of carbonyl (C=O) groups excluding carboxylic acids is 2. The largest absolute Gasteiger partial charge is 0.378 e. The molecule has 2 aliphatic rings. The number of ether oxygens (including phenoxy) is 1. The lowest BCUT2D eigenvalue weighted by Crippen LogP contribution is -2.44. The smallest absolute Gasteiger partial charge is 0.228 e. The van der Waals surface area contributed by atoms with Gasteiger partial charge in [0.1, 0.15) is 5.82 Å². The molecule has 1 atom stereocenters. The summed E-state index contributed by atoms with van der Waals surface area (Å²) in [5.41, 5.74) is 0.638. The van der Waals surface area contributed by atoms with Crippen molar-refractivity contribution in [3.05, 3.63) is 30.1 Å². The molecule has 3 rings (SSSR count). The molecule has 0 saturated carbocycles. The Bertz CT molecular complexity index is 540. The van der Waals surface area contributed by atoms with Gasteiger partial charge in [0.15, 0.2) is 0 Å². The molecular formula is C15H17FN2O3. The van der Waals surface area contributed by atoms with E-state index in [-0.39, 0.29) is 30.0 Å². The maximum absolute atomic E-state index is 12.9. The molecule has 0 radical (unpaired) electrons. The lowest BCUT2D eigenvalue weighted by molar-refractivity contribution is -0.139. The number of benzene rings is 1. The fourth-order valence-electron chi connectivity index (χ4n) is 2.79. The third-order valence-corrected chi connectivity index (χ3v) is 3.94. The molecule has 112 valence electrons. The zero-order valence-electron chi connectivity index (χ0n) is 11.6. The van der Waals surface area contributed by atoms with Crippen LogP contribution in [0.5, 0.6) is 0 Å². The van der Waals surface area contributed by atoms with Crippen molar-refractivity contribution >= 4 is 17.5 Å². The molecule has 2 amide bonds. The number of hydrogen-bond donors (Lipinski definition) is 0. The van der Waals surface area contributed by atoms with Crippen molar-refractivity contribution in [2.24, 2.45) is 5.92 Å². The lowest BCUT2D eigenvalue weighted by Gasteiger charge is -2.29. The third-order valence-electron chi connectivity index (χ3n) is 3.94. The van der Waals surface area contributed by atoms with E-state index in [2.05, 4.69) is 0 Å². The SMILES string of the molecule is O=C(C1CC(=O)N(c2ccc(F)cc2)C1)N1CCOCC1. The van der Waals surface area contributed by atoms with E-state index in [1.165, 1.54) is 12.1 Å². The van der Waals surface area contributed by atoms with E-state index in [1.54, 1.807) is 21.9 Å². The summed E-state index contributed by atoms with van der Waals surface area (Å²) < 4.78 is 18.2. The second-order valence-corrected chi connectivity index (χ2v) is 5.32. The molecule has 0 aliphatic carbocycles. The number of nitrogens with zero attached hydrogens (tertiary/aromatic N) is 2. The first-order valence-electron chi connectivity index (χ1n) is 7.07. The van der Waals surface area contributed by atoms with Gasteiger partial charge in [-0.25, -0.2) is 4.39 Å². The Labute approximate surface area is 122 Å². The van der Waals surface area contributed by atoms with E-state index in [1.807, 2.05) is 0 Å². The average molecular weight is 292 g/mol. The van der Waals surface area contributed by atoms with E-state index in [9.17, 15) is 14.0 Å². The first-order chi connectivity index (χ1) is 10.1. The number of anilines is 1. The Hall–Kier alpha value is -1.95. The van der Waals surface area contributed by atoms with Crippen LogP contribution in [0.1, 0.15) is 6.42 Å². The summed E-state index contributed by atoms with van der Waals surface area (Å²) >= 11 is 0. The Balaban J connectivity index is 1.69. The van der Waals surface area contributed by atoms with Gasteiger partial charge in [-0.15, -0.1) is 0 Å². The van der Waals surface area contributed by atoms with Crippen molar-refractivity contribution < 1.29 is 18.7 Å². The summed E-state index contributed by atoms with van der Waals surface area (Å²) in [6, 6.07) is 5.77. The van der Waals surface area contributed by atoms with Crippen LogP contribution in [0.2, 0.25) is 0 Å². The maximum Gasteiger partial charge on any atom is 0.228 e. The highest BCUT2D eigenvalue weighted by atomic mass is 19.1. The summed E-state index contributed by atoms with van der Waals surface area (Å²) in [5, 5.41) is 0. The van der Waals surface area contributed by atoms with Gasteiger partial charge >= 0.3 is 0 Å². The Morgan fingerprint density at radius 2 is 1.86 bits per heavy atom. The molecule has 1 aromatic rings. The predicted octanol–water partition coefficient (Wildman–Crippen LogP) is 1.04. The number of carbonyl (C=O) groups is 2. The van der Waals surface area contributed by atoms with Gasteiger partial charge in [0.25, 0.3) is 0 Å². The van der Waals surface area contributed by atoms with Gasteiger partial charge in [-0.3, -0.25) is 9.59 Å². The Morgan fingerprint density at radius 3 is 2.52 bits per heavy atom. The zero-order valence-corrected chi connectivity index (χ0v) is 11.6. The van der Waals surface area contributed by atoms with Crippen molar-refractivity contribution in [3.8, 4) is 0 Å². The topological polar surface area (TPSA) is 49.9 Å². The van der Waals surface area contributed by atoms with E-state index in [4.69, 9.17) is 4.74 Å². The highest BCUT2D eigenvalue weighted by molar-refractivity contribution is 6.00. The Kier molecular flexibility index (Phi) is 3.88. The van der Waals surface area contributed by atoms with Crippen molar-refractivity contribution in [2.45, 2.75) is 6.42 Å². The van der Waals surface area contributed by atoms with E-state index >= 15 is 0 Å². The van der Waals surface area contributed by atoms with Crippen LogP contribution in [0.4, 0.5) is 10.1 Å². The van der Waals surface area contributed by atoms with Crippen LogP contribution >= 0.6 is 0 Å². The van der Waals surface area contributed by atoms with Gasteiger partial charge in [0, 0.05) is 31.7 Å². The molecule has 1 unspecified atom stereocenters. The molecule has 21 heavy (non-hydrogen) atoms. The second-order valence-electron chi connectivity index (χ2n) is 5.32. The lowest BCUT2D eigenvalue weighted by atomic mass is 10.1. The van der Waals surface area contributed by atoms with Crippen molar-refractivity contribution in [1.29, 1.82) is 0 Å². The van der Waals surface area contributed by atoms with E-state index < -0.39 is 0 Å². The molecule has 2 saturated heterocycles. The fourth-order valence-corrected chi connectivity index (χ4v) is 2.79. The molecule has 0 bridgehead atoms. The summed E-state index contributed by atoms with van der Waals surface area (Å²) in [6.45, 7) is 2.63. The molecular weight excluding hydrogens is 275 g/mol. The summed E-state index contributed by atoms with van der Waals surface area (Å²) in [5.74, 6) is -0.739. The van der Waals surface area contributed by atoms with Gasteiger partial charge in [0.05, 0.1) is 19.1 Å².